The van der Waals surface area contributed by atoms with Crippen molar-refractivity contribution in [2.24, 2.45) is 0 Å². The first-order chi connectivity index (χ1) is 11.7. The van der Waals surface area contributed by atoms with Crippen LogP contribution in [0.4, 0.5) is 11.4 Å². The summed E-state index contributed by atoms with van der Waals surface area (Å²) >= 11 is 12.1. The Bertz CT molecular complexity index is 885. The Kier molecular flexibility index (Phi) is 4.39. The van der Waals surface area contributed by atoms with E-state index in [2.05, 4.69) is 5.32 Å². The molecule has 0 aliphatic carbocycles. The maximum atomic E-state index is 12.8. The lowest BCUT2D eigenvalue weighted by molar-refractivity contribution is -0.144. The fraction of sp³-hybridized carbons (Fsp3) is 0.222. The quantitative estimate of drug-likeness (QED) is 0.801. The van der Waals surface area contributed by atoms with Gasteiger partial charge in [0.25, 0.3) is 17.4 Å². The summed E-state index contributed by atoms with van der Waals surface area (Å²) < 4.78 is 5.78. The van der Waals surface area contributed by atoms with Crippen LogP contribution in [0.2, 0.25) is 10.0 Å². The number of aryl methyl sites for hydroxylation is 1. The molecule has 0 spiro atoms. The highest BCUT2D eigenvalue weighted by molar-refractivity contribution is 6.44. The third-order valence-corrected chi connectivity index (χ3v) is 4.95. The van der Waals surface area contributed by atoms with E-state index < -0.39 is 17.4 Å². The average molecular weight is 379 g/mol. The van der Waals surface area contributed by atoms with Crippen molar-refractivity contribution < 1.29 is 14.3 Å². The minimum absolute atomic E-state index is 0.203. The van der Waals surface area contributed by atoms with E-state index in [1.54, 1.807) is 31.3 Å². The van der Waals surface area contributed by atoms with Gasteiger partial charge in [-0.05, 0) is 43.7 Å². The molecule has 0 saturated carbocycles. The molecule has 3 rings (SSSR count). The van der Waals surface area contributed by atoms with Crippen LogP contribution < -0.4 is 15.0 Å². The van der Waals surface area contributed by atoms with E-state index in [1.807, 2.05) is 19.1 Å². The van der Waals surface area contributed by atoms with E-state index in [4.69, 9.17) is 27.9 Å². The van der Waals surface area contributed by atoms with Crippen LogP contribution in [0.25, 0.3) is 0 Å². The van der Waals surface area contributed by atoms with Crippen LogP contribution in [0.3, 0.4) is 0 Å². The number of hydrogen-bond acceptors (Lipinski definition) is 3. The van der Waals surface area contributed by atoms with Crippen LogP contribution in [0.5, 0.6) is 5.75 Å². The highest BCUT2D eigenvalue weighted by Crippen LogP contribution is 2.38. The molecular formula is C18H16Cl2N2O3. The molecular weight excluding hydrogens is 363 g/mol. The molecule has 2 amide bonds. The normalized spacial score (nSPS) is 19.2. The number of nitrogens with one attached hydrogen (secondary N) is 1. The van der Waals surface area contributed by atoms with Gasteiger partial charge < -0.3 is 15.0 Å². The number of likely N-dealkylation sites (N-methyl/N-ethyl adjacent to an activating group) is 1. The van der Waals surface area contributed by atoms with E-state index in [0.29, 0.717) is 22.1 Å². The molecule has 25 heavy (non-hydrogen) atoms. The number of nitrogens with zero attached hydrogens (tertiary/aromatic N) is 1. The first kappa shape index (κ1) is 17.6. The first-order valence-corrected chi connectivity index (χ1v) is 8.33. The second-order valence-corrected chi connectivity index (χ2v) is 6.81. The summed E-state index contributed by atoms with van der Waals surface area (Å²) in [6.45, 7) is 3.35. The number of halogens is 2. The third-order valence-electron chi connectivity index (χ3n) is 4.14. The van der Waals surface area contributed by atoms with Crippen LogP contribution in [-0.4, -0.2) is 24.5 Å². The van der Waals surface area contributed by atoms with Crippen molar-refractivity contribution in [1.29, 1.82) is 0 Å². The Labute approximate surface area is 155 Å². The summed E-state index contributed by atoms with van der Waals surface area (Å²) in [5.74, 6) is -0.636. The van der Waals surface area contributed by atoms with E-state index in [1.165, 1.54) is 11.8 Å². The monoisotopic (exact) mass is 378 g/mol. The van der Waals surface area contributed by atoms with Gasteiger partial charge in [0.2, 0.25) is 0 Å². The van der Waals surface area contributed by atoms with Gasteiger partial charge >= 0.3 is 0 Å². The molecule has 0 radical (unpaired) electrons. The second kappa shape index (κ2) is 6.24. The summed E-state index contributed by atoms with van der Waals surface area (Å²) in [5, 5.41) is 3.13. The minimum atomic E-state index is -1.72. The molecule has 0 bridgehead atoms. The number of amides is 2. The number of ether oxygens (including phenoxy) is 1. The first-order valence-electron chi connectivity index (χ1n) is 7.57. The minimum Gasteiger partial charge on any atom is -0.465 e. The average Bonchev–Trinajstić information content (AvgIpc) is 2.58. The fourth-order valence-electron chi connectivity index (χ4n) is 2.65. The number of carbonyl (C=O) groups excluding carboxylic acids is 2. The Balaban J connectivity index is 1.95. The van der Waals surface area contributed by atoms with Crippen LogP contribution in [0, 0.1) is 6.92 Å². The standard InChI is InChI=1S/C18H16Cl2N2O3/c1-10-7-8-14-13(9-10)22(3)17(24)18(2,25-14)16(23)21-12-6-4-5-11(19)15(12)20/h4-9H,1-3H3,(H,21,23). The maximum Gasteiger partial charge on any atom is 0.280 e. The lowest BCUT2D eigenvalue weighted by Gasteiger charge is -2.38. The molecule has 1 aliphatic heterocycles. The zero-order valence-corrected chi connectivity index (χ0v) is 15.4. The topological polar surface area (TPSA) is 58.6 Å². The number of hydrogen-bond donors (Lipinski definition) is 1. The van der Waals surface area contributed by atoms with Crippen LogP contribution in [-0.2, 0) is 9.59 Å². The lowest BCUT2D eigenvalue weighted by atomic mass is 9.99. The summed E-state index contributed by atoms with van der Waals surface area (Å²) in [6, 6.07) is 10.3. The van der Waals surface area contributed by atoms with Crippen molar-refractivity contribution in [2.75, 3.05) is 17.3 Å². The smallest absolute Gasteiger partial charge is 0.280 e. The largest absolute Gasteiger partial charge is 0.465 e. The molecule has 5 nitrogen and oxygen atoms in total. The number of benzene rings is 2. The van der Waals surface area contributed by atoms with Gasteiger partial charge in [0, 0.05) is 7.05 Å². The van der Waals surface area contributed by atoms with Crippen LogP contribution in [0.1, 0.15) is 12.5 Å². The molecule has 1 N–H and O–H groups in total. The van der Waals surface area contributed by atoms with Gasteiger partial charge in [0.1, 0.15) is 5.75 Å². The van der Waals surface area contributed by atoms with Crippen molar-refractivity contribution in [1.82, 2.24) is 0 Å². The Morgan fingerprint density at radius 2 is 1.96 bits per heavy atom. The van der Waals surface area contributed by atoms with Gasteiger partial charge in [-0.25, -0.2) is 0 Å². The zero-order chi connectivity index (χ0) is 18.4. The number of carbonyl (C=O) groups is 2. The SMILES string of the molecule is Cc1ccc2c(c1)N(C)C(=O)C(C)(C(=O)Nc1cccc(Cl)c1Cl)O2. The van der Waals surface area contributed by atoms with Gasteiger partial charge in [0.15, 0.2) is 0 Å². The van der Waals surface area contributed by atoms with Crippen LogP contribution in [0.15, 0.2) is 36.4 Å². The predicted octanol–water partition coefficient (Wildman–Crippen LogP) is 4.05. The van der Waals surface area contributed by atoms with Gasteiger partial charge in [-0.3, -0.25) is 9.59 Å². The molecule has 7 heteroatoms. The van der Waals surface area contributed by atoms with Crippen molar-refractivity contribution in [3.8, 4) is 5.75 Å². The number of rotatable bonds is 2. The number of fused-ring (bicyclic) bond motifs is 1. The summed E-state index contributed by atoms with van der Waals surface area (Å²) in [6.07, 6.45) is 0. The molecule has 130 valence electrons. The summed E-state index contributed by atoms with van der Waals surface area (Å²) in [5.41, 5.74) is 0.203. The molecule has 1 unspecified atom stereocenters. The van der Waals surface area contributed by atoms with E-state index in [-0.39, 0.29) is 5.02 Å². The van der Waals surface area contributed by atoms with E-state index in [0.717, 1.165) is 5.56 Å². The van der Waals surface area contributed by atoms with E-state index >= 15 is 0 Å². The van der Waals surface area contributed by atoms with Crippen molar-refractivity contribution >= 4 is 46.4 Å². The zero-order valence-electron chi connectivity index (χ0n) is 13.9. The highest BCUT2D eigenvalue weighted by atomic mass is 35.5. The molecule has 1 heterocycles. The lowest BCUT2D eigenvalue weighted by Crippen LogP contribution is -2.59. The van der Waals surface area contributed by atoms with Gasteiger partial charge in [-0.2, -0.15) is 0 Å². The highest BCUT2D eigenvalue weighted by Gasteiger charge is 2.49. The Morgan fingerprint density at radius 1 is 1.24 bits per heavy atom. The molecule has 0 aromatic heterocycles. The fourth-order valence-corrected chi connectivity index (χ4v) is 3.00. The molecule has 1 atom stereocenters. The number of anilines is 2. The third kappa shape index (κ3) is 2.94. The molecule has 0 saturated heterocycles. The molecule has 1 aliphatic rings. The van der Waals surface area contributed by atoms with Gasteiger partial charge in [-0.1, -0.05) is 35.3 Å². The van der Waals surface area contributed by atoms with E-state index in [9.17, 15) is 9.59 Å². The second-order valence-electron chi connectivity index (χ2n) is 6.03. The molecule has 0 fully saturated rings. The Morgan fingerprint density at radius 3 is 2.68 bits per heavy atom. The van der Waals surface area contributed by atoms with Crippen LogP contribution >= 0.6 is 23.2 Å². The van der Waals surface area contributed by atoms with Crippen molar-refractivity contribution in [3.63, 3.8) is 0 Å². The van der Waals surface area contributed by atoms with Crippen molar-refractivity contribution in [3.05, 3.63) is 52.0 Å². The maximum absolute atomic E-state index is 12.8. The summed E-state index contributed by atoms with van der Waals surface area (Å²) in [4.78, 5) is 27.0. The molecule has 2 aromatic rings. The summed E-state index contributed by atoms with van der Waals surface area (Å²) in [7, 11) is 1.61. The van der Waals surface area contributed by atoms with Gasteiger partial charge in [-0.15, -0.1) is 0 Å². The predicted molar refractivity (Wildman–Crippen MR) is 98.7 cm³/mol. The Hall–Kier alpha value is -2.24. The van der Waals surface area contributed by atoms with Gasteiger partial charge in [0.05, 0.1) is 21.4 Å². The molecule has 2 aromatic carbocycles. The van der Waals surface area contributed by atoms with Crippen molar-refractivity contribution in [2.45, 2.75) is 19.4 Å².